The highest BCUT2D eigenvalue weighted by Gasteiger charge is 2.19. The highest BCUT2D eigenvalue weighted by Crippen LogP contribution is 2.24. The van der Waals surface area contributed by atoms with E-state index in [9.17, 15) is 9.59 Å². The Morgan fingerprint density at radius 3 is 2.37 bits per heavy atom. The maximum atomic E-state index is 13.1. The molecule has 0 radical (unpaired) electrons. The number of nitrogens with zero attached hydrogens (tertiary/aromatic N) is 3. The SMILES string of the molecule is NC(=O)Nc1cccc(NC(=O)c2cn(-c3ccccc3)nc2-c2cccnc2)c1. The van der Waals surface area contributed by atoms with E-state index in [0.29, 0.717) is 22.6 Å². The van der Waals surface area contributed by atoms with Crippen LogP contribution in [-0.2, 0) is 0 Å². The monoisotopic (exact) mass is 398 g/mol. The zero-order chi connectivity index (χ0) is 20.9. The van der Waals surface area contributed by atoms with Crippen LogP contribution >= 0.6 is 0 Å². The van der Waals surface area contributed by atoms with Gasteiger partial charge in [0.15, 0.2) is 0 Å². The number of benzene rings is 2. The Bertz CT molecular complexity index is 1190. The van der Waals surface area contributed by atoms with E-state index in [1.54, 1.807) is 53.6 Å². The predicted molar refractivity (Wildman–Crippen MR) is 114 cm³/mol. The molecule has 2 heterocycles. The Kier molecular flexibility index (Phi) is 5.21. The lowest BCUT2D eigenvalue weighted by molar-refractivity contribution is 0.102. The summed E-state index contributed by atoms with van der Waals surface area (Å²) in [5.41, 5.74) is 8.60. The van der Waals surface area contributed by atoms with Crippen molar-refractivity contribution in [1.82, 2.24) is 14.8 Å². The van der Waals surface area contributed by atoms with Crippen LogP contribution in [-0.4, -0.2) is 26.7 Å². The van der Waals surface area contributed by atoms with Crippen molar-refractivity contribution in [2.45, 2.75) is 0 Å². The molecule has 8 nitrogen and oxygen atoms in total. The van der Waals surface area contributed by atoms with Crippen molar-refractivity contribution in [2.75, 3.05) is 10.6 Å². The summed E-state index contributed by atoms with van der Waals surface area (Å²) in [6.45, 7) is 0. The molecule has 0 spiro atoms. The molecule has 4 rings (SSSR count). The molecule has 0 saturated carbocycles. The van der Waals surface area contributed by atoms with Gasteiger partial charge in [-0.3, -0.25) is 9.78 Å². The van der Waals surface area contributed by atoms with Gasteiger partial charge in [-0.25, -0.2) is 9.48 Å². The molecule has 2 aromatic carbocycles. The minimum atomic E-state index is -0.679. The van der Waals surface area contributed by atoms with Crippen molar-refractivity contribution in [1.29, 1.82) is 0 Å². The number of rotatable bonds is 5. The number of amides is 3. The van der Waals surface area contributed by atoms with Gasteiger partial charge in [-0.15, -0.1) is 0 Å². The van der Waals surface area contributed by atoms with E-state index in [0.717, 1.165) is 11.3 Å². The zero-order valence-electron chi connectivity index (χ0n) is 15.8. The molecule has 8 heteroatoms. The van der Waals surface area contributed by atoms with Crippen LogP contribution in [0.4, 0.5) is 16.2 Å². The van der Waals surface area contributed by atoms with Gasteiger partial charge in [0.2, 0.25) is 0 Å². The third kappa shape index (κ3) is 4.17. The molecule has 30 heavy (non-hydrogen) atoms. The van der Waals surface area contributed by atoms with Crippen molar-refractivity contribution < 1.29 is 9.59 Å². The fraction of sp³-hybridized carbons (Fsp3) is 0. The summed E-state index contributed by atoms with van der Waals surface area (Å²) in [6.07, 6.45) is 5.00. The number of nitrogens with two attached hydrogens (primary N) is 1. The fourth-order valence-electron chi connectivity index (χ4n) is 2.98. The van der Waals surface area contributed by atoms with Gasteiger partial charge >= 0.3 is 6.03 Å². The van der Waals surface area contributed by atoms with Gasteiger partial charge in [0.05, 0.1) is 11.3 Å². The van der Waals surface area contributed by atoms with Crippen LogP contribution in [0, 0.1) is 0 Å². The Balaban J connectivity index is 1.69. The van der Waals surface area contributed by atoms with Gasteiger partial charge in [-0.05, 0) is 42.5 Å². The normalized spacial score (nSPS) is 10.4. The number of carbonyl (C=O) groups is 2. The van der Waals surface area contributed by atoms with Crippen molar-refractivity contribution in [3.05, 3.63) is 90.9 Å². The Morgan fingerprint density at radius 2 is 1.67 bits per heavy atom. The highest BCUT2D eigenvalue weighted by molar-refractivity contribution is 6.08. The van der Waals surface area contributed by atoms with Gasteiger partial charge in [0, 0.05) is 35.5 Å². The molecule has 0 aliphatic heterocycles. The predicted octanol–water partition coefficient (Wildman–Crippen LogP) is 3.68. The van der Waals surface area contributed by atoms with Gasteiger partial charge in [0.25, 0.3) is 5.91 Å². The summed E-state index contributed by atoms with van der Waals surface area (Å²) >= 11 is 0. The maximum Gasteiger partial charge on any atom is 0.316 e. The molecule has 4 N–H and O–H groups in total. The molecule has 0 atom stereocenters. The van der Waals surface area contributed by atoms with Gasteiger partial charge in [0.1, 0.15) is 5.69 Å². The first-order chi connectivity index (χ1) is 14.6. The van der Waals surface area contributed by atoms with Gasteiger partial charge < -0.3 is 16.4 Å². The van der Waals surface area contributed by atoms with E-state index in [1.807, 2.05) is 36.4 Å². The minimum absolute atomic E-state index is 0.341. The number of aromatic nitrogens is 3. The number of carbonyl (C=O) groups excluding carboxylic acids is 2. The van der Waals surface area contributed by atoms with E-state index >= 15 is 0 Å². The van der Waals surface area contributed by atoms with Crippen LogP contribution in [0.3, 0.4) is 0 Å². The zero-order valence-corrected chi connectivity index (χ0v) is 15.8. The van der Waals surface area contributed by atoms with Crippen LogP contribution in [0.1, 0.15) is 10.4 Å². The standard InChI is InChI=1S/C22H18N6O2/c23-22(30)26-17-8-4-7-16(12-17)25-21(29)19-14-28(18-9-2-1-3-10-18)27-20(19)15-6-5-11-24-13-15/h1-14H,(H,25,29)(H3,23,26,30). The van der Waals surface area contributed by atoms with E-state index in [1.165, 1.54) is 0 Å². The highest BCUT2D eigenvalue weighted by atomic mass is 16.2. The maximum absolute atomic E-state index is 13.1. The second-order valence-corrected chi connectivity index (χ2v) is 6.44. The largest absolute Gasteiger partial charge is 0.351 e. The van der Waals surface area contributed by atoms with Crippen LogP contribution < -0.4 is 16.4 Å². The van der Waals surface area contributed by atoms with Crippen molar-refractivity contribution in [2.24, 2.45) is 5.73 Å². The topological polar surface area (TPSA) is 115 Å². The first-order valence-electron chi connectivity index (χ1n) is 9.13. The van der Waals surface area contributed by atoms with Crippen molar-refractivity contribution in [3.63, 3.8) is 0 Å². The van der Waals surface area contributed by atoms with E-state index in [2.05, 4.69) is 20.7 Å². The third-order valence-electron chi connectivity index (χ3n) is 4.30. The smallest absolute Gasteiger partial charge is 0.316 e. The van der Waals surface area contributed by atoms with Crippen LogP contribution in [0.15, 0.2) is 85.3 Å². The van der Waals surface area contributed by atoms with Crippen LogP contribution in [0.25, 0.3) is 16.9 Å². The molecule has 148 valence electrons. The summed E-state index contributed by atoms with van der Waals surface area (Å²) in [7, 11) is 0. The van der Waals surface area contributed by atoms with Gasteiger partial charge in [-0.1, -0.05) is 24.3 Å². The molecule has 0 unspecified atom stereocenters. The first kappa shape index (κ1) is 18.9. The number of pyridine rings is 1. The average Bonchev–Trinajstić information content (AvgIpc) is 3.21. The van der Waals surface area contributed by atoms with Gasteiger partial charge in [-0.2, -0.15) is 5.10 Å². The van der Waals surface area contributed by atoms with Crippen LogP contribution in [0.2, 0.25) is 0 Å². The molecule has 0 aliphatic rings. The summed E-state index contributed by atoms with van der Waals surface area (Å²) in [5, 5.41) is 9.94. The number of primary amides is 1. The second-order valence-electron chi connectivity index (χ2n) is 6.44. The summed E-state index contributed by atoms with van der Waals surface area (Å²) in [5.74, 6) is -0.341. The first-order valence-corrected chi connectivity index (χ1v) is 9.13. The lowest BCUT2D eigenvalue weighted by atomic mass is 10.1. The molecule has 0 fully saturated rings. The Labute approximate surface area is 172 Å². The second kappa shape index (κ2) is 8.27. The summed E-state index contributed by atoms with van der Waals surface area (Å²) < 4.78 is 1.66. The lowest BCUT2D eigenvalue weighted by Crippen LogP contribution is -2.19. The molecule has 3 amide bonds. The van der Waals surface area contributed by atoms with Crippen molar-refractivity contribution in [3.8, 4) is 16.9 Å². The molecule has 4 aromatic rings. The molecular formula is C22H18N6O2. The minimum Gasteiger partial charge on any atom is -0.351 e. The van der Waals surface area contributed by atoms with E-state index < -0.39 is 6.03 Å². The van der Waals surface area contributed by atoms with Crippen molar-refractivity contribution >= 4 is 23.3 Å². The molecule has 0 saturated heterocycles. The number of hydrogen-bond donors (Lipinski definition) is 3. The Hall–Kier alpha value is -4.46. The number of anilines is 2. The summed E-state index contributed by atoms with van der Waals surface area (Å²) in [6, 6.07) is 19.2. The number of hydrogen-bond acceptors (Lipinski definition) is 4. The number of urea groups is 1. The fourth-order valence-corrected chi connectivity index (χ4v) is 2.98. The van der Waals surface area contributed by atoms with E-state index in [4.69, 9.17) is 5.73 Å². The lowest BCUT2D eigenvalue weighted by Gasteiger charge is -2.08. The molecule has 2 aromatic heterocycles. The third-order valence-corrected chi connectivity index (χ3v) is 4.30. The quantitative estimate of drug-likeness (QED) is 0.476. The van der Waals surface area contributed by atoms with Crippen LogP contribution in [0.5, 0.6) is 0 Å². The molecule has 0 aliphatic carbocycles. The molecular weight excluding hydrogens is 380 g/mol. The average molecular weight is 398 g/mol. The van der Waals surface area contributed by atoms with E-state index in [-0.39, 0.29) is 5.91 Å². The Morgan fingerprint density at radius 1 is 0.900 bits per heavy atom. The summed E-state index contributed by atoms with van der Waals surface area (Å²) in [4.78, 5) is 28.3. The number of nitrogens with one attached hydrogen (secondary N) is 2. The molecule has 0 bridgehead atoms. The number of para-hydroxylation sites is 1.